The summed E-state index contributed by atoms with van der Waals surface area (Å²) in [7, 11) is 0. The fourth-order valence-electron chi connectivity index (χ4n) is 2.13. The van der Waals surface area contributed by atoms with Gasteiger partial charge in [-0.15, -0.1) is 0 Å². The fraction of sp³-hybridized carbons (Fsp3) is 0.462. The van der Waals surface area contributed by atoms with E-state index in [0.29, 0.717) is 22.3 Å². The topological polar surface area (TPSA) is 72.7 Å². The minimum absolute atomic E-state index is 0.0218. The maximum atomic E-state index is 12.6. The van der Waals surface area contributed by atoms with Crippen LogP contribution in [0.25, 0.3) is 0 Å². The van der Waals surface area contributed by atoms with E-state index in [4.69, 9.17) is 4.74 Å². The monoisotopic (exact) mass is 390 g/mol. The molecule has 2 unspecified atom stereocenters. The highest BCUT2D eigenvalue weighted by Crippen LogP contribution is 2.23. The highest BCUT2D eigenvalue weighted by molar-refractivity contribution is 14.1. The Bertz CT molecular complexity index is 549. The zero-order valence-electron chi connectivity index (χ0n) is 11.2. The SMILES string of the molecule is CC1CN(C(=O)c2cc([N+](=O)[O-])ccc2I)C(C)CO1. The van der Waals surface area contributed by atoms with E-state index >= 15 is 0 Å². The third-order valence-corrected chi connectivity index (χ3v) is 4.20. The van der Waals surface area contributed by atoms with E-state index in [0.717, 1.165) is 0 Å². The summed E-state index contributed by atoms with van der Waals surface area (Å²) in [5, 5.41) is 10.8. The molecule has 1 aromatic carbocycles. The highest BCUT2D eigenvalue weighted by atomic mass is 127. The van der Waals surface area contributed by atoms with Gasteiger partial charge < -0.3 is 9.64 Å². The van der Waals surface area contributed by atoms with Gasteiger partial charge >= 0.3 is 0 Å². The van der Waals surface area contributed by atoms with Crippen LogP contribution in [0.3, 0.4) is 0 Å². The quantitative estimate of drug-likeness (QED) is 0.442. The molecule has 6 nitrogen and oxygen atoms in total. The van der Waals surface area contributed by atoms with E-state index in [1.54, 1.807) is 11.0 Å². The van der Waals surface area contributed by atoms with E-state index in [1.807, 2.05) is 36.4 Å². The normalized spacial score (nSPS) is 22.6. The molecule has 20 heavy (non-hydrogen) atoms. The molecule has 1 saturated heterocycles. The third-order valence-electron chi connectivity index (χ3n) is 3.26. The Kier molecular flexibility index (Phi) is 4.59. The molecule has 0 spiro atoms. The first-order chi connectivity index (χ1) is 9.40. The van der Waals surface area contributed by atoms with Gasteiger partial charge in [0.25, 0.3) is 11.6 Å². The second kappa shape index (κ2) is 6.04. The number of carbonyl (C=O) groups excluding carboxylic acids is 1. The lowest BCUT2D eigenvalue weighted by Crippen LogP contribution is -2.50. The minimum atomic E-state index is -0.488. The minimum Gasteiger partial charge on any atom is -0.375 e. The second-order valence-electron chi connectivity index (χ2n) is 4.87. The molecule has 1 heterocycles. The molecule has 2 atom stereocenters. The van der Waals surface area contributed by atoms with Gasteiger partial charge in [0.2, 0.25) is 0 Å². The Balaban J connectivity index is 2.32. The molecule has 7 heteroatoms. The molecule has 0 aliphatic carbocycles. The van der Waals surface area contributed by atoms with Crippen LogP contribution in [0.15, 0.2) is 18.2 Å². The van der Waals surface area contributed by atoms with Crippen molar-refractivity contribution < 1.29 is 14.5 Å². The van der Waals surface area contributed by atoms with Crippen molar-refractivity contribution in [1.82, 2.24) is 4.90 Å². The second-order valence-corrected chi connectivity index (χ2v) is 6.03. The number of non-ortho nitro benzene ring substituents is 1. The van der Waals surface area contributed by atoms with Gasteiger partial charge in [-0.2, -0.15) is 0 Å². The summed E-state index contributed by atoms with van der Waals surface area (Å²) in [6.45, 7) is 4.80. The Labute approximate surface area is 130 Å². The highest BCUT2D eigenvalue weighted by Gasteiger charge is 2.29. The standard InChI is InChI=1S/C13H15IN2O4/c1-8-7-20-9(2)6-15(8)13(17)11-5-10(16(18)19)3-4-12(11)14/h3-5,8-9H,6-7H2,1-2H3. The maximum absolute atomic E-state index is 12.6. The van der Waals surface area contributed by atoms with Crippen LogP contribution in [-0.4, -0.2) is 41.0 Å². The average molecular weight is 390 g/mol. The number of benzene rings is 1. The fourth-order valence-corrected chi connectivity index (χ4v) is 2.70. The number of rotatable bonds is 2. The molecule has 0 bridgehead atoms. The van der Waals surface area contributed by atoms with Gasteiger partial charge in [0.15, 0.2) is 0 Å². The maximum Gasteiger partial charge on any atom is 0.270 e. The van der Waals surface area contributed by atoms with Gasteiger partial charge in [0, 0.05) is 22.2 Å². The van der Waals surface area contributed by atoms with Gasteiger partial charge in [-0.25, -0.2) is 0 Å². The lowest BCUT2D eigenvalue weighted by molar-refractivity contribution is -0.384. The number of nitrogens with zero attached hydrogens (tertiary/aromatic N) is 2. The molecule has 0 N–H and O–H groups in total. The van der Waals surface area contributed by atoms with Crippen molar-refractivity contribution in [1.29, 1.82) is 0 Å². The molecule has 1 amide bonds. The van der Waals surface area contributed by atoms with Gasteiger partial charge in [0.05, 0.1) is 29.2 Å². The first-order valence-corrected chi connectivity index (χ1v) is 7.34. The first-order valence-electron chi connectivity index (χ1n) is 6.26. The van der Waals surface area contributed by atoms with Gasteiger partial charge in [0.1, 0.15) is 0 Å². The molecule has 1 aromatic rings. The molecule has 1 aliphatic heterocycles. The van der Waals surface area contributed by atoms with Crippen molar-refractivity contribution in [3.63, 3.8) is 0 Å². The number of hydrogen-bond acceptors (Lipinski definition) is 4. The van der Waals surface area contributed by atoms with Gasteiger partial charge in [-0.05, 0) is 42.5 Å². The number of nitro benzene ring substituents is 1. The number of amides is 1. The predicted octanol–water partition coefficient (Wildman–Crippen LogP) is 2.45. The van der Waals surface area contributed by atoms with Crippen LogP contribution >= 0.6 is 22.6 Å². The van der Waals surface area contributed by atoms with Crippen LogP contribution in [0.1, 0.15) is 24.2 Å². The van der Waals surface area contributed by atoms with Crippen LogP contribution < -0.4 is 0 Å². The van der Waals surface area contributed by atoms with Gasteiger partial charge in [-0.3, -0.25) is 14.9 Å². The van der Waals surface area contributed by atoms with E-state index in [-0.39, 0.29) is 23.7 Å². The number of hydrogen-bond donors (Lipinski definition) is 0. The Hall–Kier alpha value is -1.22. The number of carbonyl (C=O) groups is 1. The number of nitro groups is 1. The lowest BCUT2D eigenvalue weighted by atomic mass is 10.1. The molecule has 0 aromatic heterocycles. The summed E-state index contributed by atoms with van der Waals surface area (Å²) in [6, 6.07) is 4.32. The Morgan fingerprint density at radius 1 is 1.50 bits per heavy atom. The molecule has 0 radical (unpaired) electrons. The molecular weight excluding hydrogens is 375 g/mol. The van der Waals surface area contributed by atoms with Gasteiger partial charge in [-0.1, -0.05) is 0 Å². The van der Waals surface area contributed by atoms with Crippen molar-refractivity contribution in [2.24, 2.45) is 0 Å². The van der Waals surface area contributed by atoms with Crippen LogP contribution in [0.5, 0.6) is 0 Å². The van der Waals surface area contributed by atoms with E-state index in [9.17, 15) is 14.9 Å². The number of halogens is 1. The molecule has 1 fully saturated rings. The molecule has 2 rings (SSSR count). The zero-order chi connectivity index (χ0) is 14.9. The summed E-state index contributed by atoms with van der Waals surface area (Å²) < 4.78 is 6.21. The Morgan fingerprint density at radius 3 is 2.85 bits per heavy atom. The van der Waals surface area contributed by atoms with Crippen molar-refractivity contribution in [2.45, 2.75) is 26.0 Å². The summed E-state index contributed by atoms with van der Waals surface area (Å²) in [6.07, 6.45) is -0.0218. The lowest BCUT2D eigenvalue weighted by Gasteiger charge is -2.37. The third kappa shape index (κ3) is 3.09. The Morgan fingerprint density at radius 2 is 2.20 bits per heavy atom. The summed E-state index contributed by atoms with van der Waals surface area (Å²) in [4.78, 5) is 24.7. The zero-order valence-corrected chi connectivity index (χ0v) is 13.4. The molecule has 108 valence electrons. The van der Waals surface area contributed by atoms with Crippen LogP contribution in [0, 0.1) is 13.7 Å². The van der Waals surface area contributed by atoms with Crippen LogP contribution in [0.4, 0.5) is 5.69 Å². The predicted molar refractivity (Wildman–Crippen MR) is 81.7 cm³/mol. The number of morpholine rings is 1. The summed E-state index contributed by atoms with van der Waals surface area (Å²) in [5.41, 5.74) is 0.309. The first kappa shape index (κ1) is 15.2. The largest absolute Gasteiger partial charge is 0.375 e. The molecular formula is C13H15IN2O4. The smallest absolute Gasteiger partial charge is 0.270 e. The van der Waals surface area contributed by atoms with Crippen molar-refractivity contribution in [3.8, 4) is 0 Å². The molecule has 1 aliphatic rings. The molecule has 0 saturated carbocycles. The number of ether oxygens (including phenoxy) is 1. The van der Waals surface area contributed by atoms with E-state index in [2.05, 4.69) is 0 Å². The van der Waals surface area contributed by atoms with E-state index < -0.39 is 4.92 Å². The van der Waals surface area contributed by atoms with Crippen molar-refractivity contribution >= 4 is 34.2 Å². The summed E-state index contributed by atoms with van der Waals surface area (Å²) >= 11 is 2.02. The van der Waals surface area contributed by atoms with Crippen molar-refractivity contribution in [3.05, 3.63) is 37.4 Å². The average Bonchev–Trinajstić information content (AvgIpc) is 2.41. The summed E-state index contributed by atoms with van der Waals surface area (Å²) in [5.74, 6) is -0.180. The van der Waals surface area contributed by atoms with Crippen LogP contribution in [0.2, 0.25) is 0 Å². The van der Waals surface area contributed by atoms with E-state index in [1.165, 1.54) is 12.1 Å². The van der Waals surface area contributed by atoms with Crippen LogP contribution in [-0.2, 0) is 4.74 Å². The van der Waals surface area contributed by atoms with Crippen molar-refractivity contribution in [2.75, 3.05) is 13.2 Å².